The Morgan fingerprint density at radius 1 is 1.19 bits per heavy atom. The largest absolute Gasteiger partial charge is 0.325 e. The maximum atomic E-state index is 12.2. The monoisotopic (exact) mass is 309 g/mol. The first-order valence-electron chi connectivity index (χ1n) is 7.20. The molecule has 21 heavy (non-hydrogen) atoms. The van der Waals surface area contributed by atoms with E-state index in [-0.39, 0.29) is 24.3 Å². The summed E-state index contributed by atoms with van der Waals surface area (Å²) in [4.78, 5) is 23.4. The normalized spacial score (nSPS) is 15.5. The van der Waals surface area contributed by atoms with E-state index < -0.39 is 0 Å². The molecule has 2 rings (SSSR count). The van der Waals surface area contributed by atoms with Crippen LogP contribution >= 0.6 is 11.6 Å². The van der Waals surface area contributed by atoms with Crippen molar-refractivity contribution < 1.29 is 9.59 Å². The molecule has 0 saturated heterocycles. The molecule has 1 fully saturated rings. The van der Waals surface area contributed by atoms with Gasteiger partial charge in [0.05, 0.1) is 17.3 Å². The number of anilines is 2. The van der Waals surface area contributed by atoms with Gasteiger partial charge < -0.3 is 16.4 Å². The number of nitrogens with one attached hydrogen (secondary N) is 2. The highest BCUT2D eigenvalue weighted by Gasteiger charge is 2.21. The number of carbonyl (C=O) groups excluding carboxylic acids is 2. The number of hydrogen-bond donors (Lipinski definition) is 3. The van der Waals surface area contributed by atoms with Gasteiger partial charge in [-0.15, -0.1) is 0 Å². The fourth-order valence-corrected chi connectivity index (χ4v) is 2.73. The molecule has 0 aromatic heterocycles. The Kier molecular flexibility index (Phi) is 5.59. The van der Waals surface area contributed by atoms with Crippen LogP contribution in [0.1, 0.15) is 32.1 Å². The number of amides is 2. The lowest BCUT2D eigenvalue weighted by atomic mass is 9.88. The zero-order chi connectivity index (χ0) is 15.2. The summed E-state index contributed by atoms with van der Waals surface area (Å²) in [6, 6.07) is 4.98. The average molecular weight is 310 g/mol. The van der Waals surface area contributed by atoms with Crippen molar-refractivity contribution in [2.45, 2.75) is 32.1 Å². The molecule has 1 aliphatic rings. The van der Waals surface area contributed by atoms with Gasteiger partial charge in [-0.25, -0.2) is 0 Å². The molecule has 5 nitrogen and oxygen atoms in total. The molecule has 0 unspecified atom stereocenters. The minimum Gasteiger partial charge on any atom is -0.325 e. The van der Waals surface area contributed by atoms with E-state index in [1.807, 2.05) is 0 Å². The van der Waals surface area contributed by atoms with E-state index in [0.717, 1.165) is 25.7 Å². The van der Waals surface area contributed by atoms with Gasteiger partial charge in [0.15, 0.2) is 0 Å². The number of hydrogen-bond acceptors (Lipinski definition) is 3. The summed E-state index contributed by atoms with van der Waals surface area (Å²) in [5, 5.41) is 5.88. The van der Waals surface area contributed by atoms with Gasteiger partial charge in [-0.05, 0) is 31.0 Å². The second-order valence-electron chi connectivity index (χ2n) is 5.27. The summed E-state index contributed by atoms with van der Waals surface area (Å²) in [6.45, 7) is -0.0855. The highest BCUT2D eigenvalue weighted by Crippen LogP contribution is 2.29. The predicted octanol–water partition coefficient (Wildman–Crippen LogP) is 2.76. The Morgan fingerprint density at radius 2 is 1.90 bits per heavy atom. The van der Waals surface area contributed by atoms with E-state index >= 15 is 0 Å². The van der Waals surface area contributed by atoms with Crippen LogP contribution in [0.4, 0.5) is 11.4 Å². The summed E-state index contributed by atoms with van der Waals surface area (Å²) in [6.07, 6.45) is 5.30. The highest BCUT2D eigenvalue weighted by molar-refractivity contribution is 6.34. The molecule has 1 aliphatic carbocycles. The van der Waals surface area contributed by atoms with E-state index in [0.29, 0.717) is 16.4 Å². The molecule has 2 amide bonds. The predicted molar refractivity (Wildman–Crippen MR) is 84.3 cm³/mol. The van der Waals surface area contributed by atoms with Crippen LogP contribution in [0.25, 0.3) is 0 Å². The highest BCUT2D eigenvalue weighted by atomic mass is 35.5. The first kappa shape index (κ1) is 15.8. The Morgan fingerprint density at radius 3 is 2.52 bits per heavy atom. The van der Waals surface area contributed by atoms with E-state index in [9.17, 15) is 9.59 Å². The SMILES string of the molecule is NCC(=O)Nc1ccc(NC(=O)C2CCCCC2)c(Cl)c1. The van der Waals surface area contributed by atoms with E-state index in [1.54, 1.807) is 18.2 Å². The molecule has 4 N–H and O–H groups in total. The maximum Gasteiger partial charge on any atom is 0.238 e. The molecule has 0 heterocycles. The molecule has 1 saturated carbocycles. The Balaban J connectivity index is 2.00. The van der Waals surface area contributed by atoms with Crippen LogP contribution in [-0.4, -0.2) is 18.4 Å². The first-order valence-corrected chi connectivity index (χ1v) is 7.58. The molecule has 0 bridgehead atoms. The number of carbonyl (C=O) groups is 2. The van der Waals surface area contributed by atoms with Gasteiger partial charge >= 0.3 is 0 Å². The van der Waals surface area contributed by atoms with Crippen molar-refractivity contribution in [3.63, 3.8) is 0 Å². The second-order valence-corrected chi connectivity index (χ2v) is 5.68. The molecule has 0 aliphatic heterocycles. The average Bonchev–Trinajstić information content (AvgIpc) is 2.50. The van der Waals surface area contributed by atoms with Crippen LogP contribution < -0.4 is 16.4 Å². The van der Waals surface area contributed by atoms with Gasteiger partial charge in [-0.2, -0.15) is 0 Å². The lowest BCUT2D eigenvalue weighted by molar-refractivity contribution is -0.120. The van der Waals surface area contributed by atoms with Crippen LogP contribution in [0.15, 0.2) is 18.2 Å². The summed E-state index contributed by atoms with van der Waals surface area (Å²) in [5.74, 6) is -0.188. The third kappa shape index (κ3) is 4.44. The van der Waals surface area contributed by atoms with Gasteiger partial charge in [0.1, 0.15) is 0 Å². The fraction of sp³-hybridized carbons (Fsp3) is 0.467. The molecule has 6 heteroatoms. The van der Waals surface area contributed by atoms with Crippen molar-refractivity contribution in [3.05, 3.63) is 23.2 Å². The molecule has 1 aromatic rings. The topological polar surface area (TPSA) is 84.2 Å². The number of halogens is 1. The number of rotatable bonds is 4. The van der Waals surface area contributed by atoms with Crippen molar-refractivity contribution in [1.29, 1.82) is 0 Å². The zero-order valence-corrected chi connectivity index (χ0v) is 12.6. The molecule has 0 radical (unpaired) electrons. The van der Waals surface area contributed by atoms with Crippen molar-refractivity contribution >= 4 is 34.8 Å². The van der Waals surface area contributed by atoms with Crippen LogP contribution in [0.5, 0.6) is 0 Å². The fourth-order valence-electron chi connectivity index (χ4n) is 2.51. The molecule has 114 valence electrons. The lowest BCUT2D eigenvalue weighted by Gasteiger charge is -2.21. The summed E-state index contributed by atoms with van der Waals surface area (Å²) >= 11 is 6.14. The van der Waals surface area contributed by atoms with Crippen LogP contribution in [0.2, 0.25) is 5.02 Å². The minimum atomic E-state index is -0.287. The van der Waals surface area contributed by atoms with Gasteiger partial charge in [-0.1, -0.05) is 30.9 Å². The van der Waals surface area contributed by atoms with Crippen LogP contribution in [-0.2, 0) is 9.59 Å². The molecular weight excluding hydrogens is 290 g/mol. The summed E-state index contributed by atoms with van der Waals surface area (Å²) < 4.78 is 0. The molecule has 0 atom stereocenters. The smallest absolute Gasteiger partial charge is 0.238 e. The Bertz CT molecular complexity index is 528. The molecule has 0 spiro atoms. The quantitative estimate of drug-likeness (QED) is 0.799. The third-order valence-electron chi connectivity index (χ3n) is 3.67. The van der Waals surface area contributed by atoms with Crippen LogP contribution in [0.3, 0.4) is 0 Å². The van der Waals surface area contributed by atoms with Gasteiger partial charge in [0.25, 0.3) is 0 Å². The number of nitrogens with two attached hydrogens (primary N) is 1. The second kappa shape index (κ2) is 7.43. The molecule has 1 aromatic carbocycles. The minimum absolute atomic E-state index is 0.0235. The van der Waals surface area contributed by atoms with Crippen molar-refractivity contribution in [2.75, 3.05) is 17.2 Å². The summed E-state index contributed by atoms with van der Waals surface area (Å²) in [5.41, 5.74) is 6.36. The van der Waals surface area contributed by atoms with Crippen molar-refractivity contribution in [1.82, 2.24) is 0 Å². The number of benzene rings is 1. The van der Waals surface area contributed by atoms with Crippen molar-refractivity contribution in [3.8, 4) is 0 Å². The van der Waals surface area contributed by atoms with E-state index in [1.165, 1.54) is 6.42 Å². The maximum absolute atomic E-state index is 12.2. The standard InChI is InChI=1S/C15H20ClN3O2/c16-12-8-11(18-14(20)9-17)6-7-13(12)19-15(21)10-4-2-1-3-5-10/h6-8,10H,1-5,9,17H2,(H,18,20)(H,19,21). The summed E-state index contributed by atoms with van der Waals surface area (Å²) in [7, 11) is 0. The van der Waals surface area contributed by atoms with Gasteiger partial charge in [0, 0.05) is 11.6 Å². The van der Waals surface area contributed by atoms with E-state index in [4.69, 9.17) is 17.3 Å². The molecular formula is C15H20ClN3O2. The third-order valence-corrected chi connectivity index (χ3v) is 3.98. The Labute approximate surface area is 129 Å². The van der Waals surface area contributed by atoms with Gasteiger partial charge in [-0.3, -0.25) is 9.59 Å². The van der Waals surface area contributed by atoms with E-state index in [2.05, 4.69) is 10.6 Å². The lowest BCUT2D eigenvalue weighted by Crippen LogP contribution is -2.25. The Hall–Kier alpha value is -1.59. The zero-order valence-electron chi connectivity index (χ0n) is 11.8. The van der Waals surface area contributed by atoms with Gasteiger partial charge in [0.2, 0.25) is 11.8 Å². The first-order chi connectivity index (χ1) is 10.1. The van der Waals surface area contributed by atoms with Crippen LogP contribution in [0, 0.1) is 5.92 Å². The van der Waals surface area contributed by atoms with Crippen molar-refractivity contribution in [2.24, 2.45) is 11.7 Å².